The summed E-state index contributed by atoms with van der Waals surface area (Å²) in [6.07, 6.45) is -2.54. The SMILES string of the molecule is CC(C)(C)OC(=O)NC(Cc1cc(I)c(Oc2cc(I)c(O)c(I)c2)c(I)c1)C(=O)O.CC(C)(C)OC(=O)OC(=O)OC(C)(C)C.CCN(CC)CC.NC(Cc1cc(I)c(Oc2cc(I)c(O)c(I)c2)c(I)c1)C(=O)O. The Hall–Kier alpha value is -1.21. The molecule has 0 aliphatic heterocycles. The lowest BCUT2D eigenvalue weighted by atomic mass is 10.1. The van der Waals surface area contributed by atoms with Crippen LogP contribution in [-0.4, -0.2) is 104 Å². The molecular weight excluding hydrogens is 1910 g/mol. The van der Waals surface area contributed by atoms with Crippen LogP contribution in [0.15, 0.2) is 48.5 Å². The standard InChI is InChI=1S/C20H19I4NO6.C15H11I4NO4.C10H18O5.C6H15N/c1-20(2,3)31-19(29)25-15(18(27)28)6-9-4-13(23)17(14(24)5-9)30-10-7-11(21)16(26)12(22)8-10;16-8-4-7(5-9(17)13(8)21)24-14-10(18)1-6(2-11(14)19)3-12(20)15(22)23;1-9(2,3)14-7(11)13-8(12)15-10(4,5)6;1-4-7(5-2)6-3/h4-5,7-8,15,26H,6H2,1-3H3,(H,25,29)(H,27,28);1-2,4-5,12,21H,3,20H2,(H,22,23);1-6H3;4-6H2,1-3H3. The summed E-state index contributed by atoms with van der Waals surface area (Å²) in [5.41, 5.74) is 5.07. The first kappa shape index (κ1) is 73.8. The van der Waals surface area contributed by atoms with Crippen LogP contribution in [0.2, 0.25) is 0 Å². The predicted molar refractivity (Wildman–Crippen MR) is 362 cm³/mol. The molecule has 2 atom stereocenters. The number of aromatic hydroxyl groups is 2. The molecule has 0 aromatic heterocycles. The number of hydrogen-bond acceptors (Lipinski definition) is 15. The molecule has 26 heteroatoms. The van der Waals surface area contributed by atoms with Crippen molar-refractivity contribution in [3.05, 3.63) is 88.2 Å². The summed E-state index contributed by atoms with van der Waals surface area (Å²) in [5.74, 6) is 0.836. The number of benzene rings is 4. The van der Waals surface area contributed by atoms with Crippen molar-refractivity contribution in [3.8, 4) is 34.5 Å². The fourth-order valence-electron chi connectivity index (χ4n) is 5.60. The number of alkyl carbamates (subject to hydrolysis) is 1. The number of hydrogen-bond donors (Lipinski definition) is 6. The summed E-state index contributed by atoms with van der Waals surface area (Å²) in [6, 6.07) is 12.3. The molecule has 0 aliphatic carbocycles. The van der Waals surface area contributed by atoms with E-state index in [0.717, 1.165) is 25.4 Å². The molecule has 4 rings (SSSR count). The quantitative estimate of drug-likeness (QED) is 0.0297. The Kier molecular flexibility index (Phi) is 33.0. The summed E-state index contributed by atoms with van der Waals surface area (Å²) in [4.78, 5) is 58.9. The number of amides is 1. The Labute approximate surface area is 559 Å². The minimum atomic E-state index is -1.15. The molecule has 0 heterocycles. The lowest BCUT2D eigenvalue weighted by Crippen LogP contribution is -2.44. The van der Waals surface area contributed by atoms with Gasteiger partial charge in [0.1, 0.15) is 51.9 Å². The summed E-state index contributed by atoms with van der Waals surface area (Å²) in [5, 5.41) is 40.6. The summed E-state index contributed by atoms with van der Waals surface area (Å²) in [6.45, 7) is 25.3. The van der Waals surface area contributed by atoms with Gasteiger partial charge in [0, 0.05) is 6.42 Å². The Morgan fingerprint density at radius 2 is 0.831 bits per heavy atom. The van der Waals surface area contributed by atoms with Crippen LogP contribution in [-0.2, 0) is 41.4 Å². The van der Waals surface area contributed by atoms with Gasteiger partial charge in [0.15, 0.2) is 11.5 Å². The maximum absolute atomic E-state index is 12.0. The Bertz CT molecular complexity index is 2550. The minimum absolute atomic E-state index is 0.0931. The summed E-state index contributed by atoms with van der Waals surface area (Å²) in [7, 11) is 0. The number of phenolic OH excluding ortho intramolecular Hbond substituents is 2. The fraction of sp³-hybridized carbons (Fsp3) is 0.431. The van der Waals surface area contributed by atoms with E-state index < -0.39 is 59.2 Å². The molecule has 4 aromatic carbocycles. The molecule has 0 bridgehead atoms. The van der Waals surface area contributed by atoms with E-state index in [4.69, 9.17) is 34.5 Å². The number of nitrogens with one attached hydrogen (secondary N) is 1. The van der Waals surface area contributed by atoms with Crippen molar-refractivity contribution in [2.75, 3.05) is 19.6 Å². The van der Waals surface area contributed by atoms with E-state index in [1.807, 2.05) is 69.4 Å². The van der Waals surface area contributed by atoms with E-state index in [9.17, 15) is 39.3 Å². The van der Waals surface area contributed by atoms with Crippen LogP contribution in [0.1, 0.15) is 94.2 Å². The van der Waals surface area contributed by atoms with Gasteiger partial charge in [-0.05, 0) is 329 Å². The van der Waals surface area contributed by atoms with E-state index in [-0.39, 0.29) is 24.3 Å². The average Bonchev–Trinajstić information content (AvgIpc) is 3.26. The Morgan fingerprint density at radius 3 is 1.09 bits per heavy atom. The molecule has 428 valence electrons. The van der Waals surface area contributed by atoms with Crippen LogP contribution in [0, 0.1) is 28.6 Å². The molecule has 0 radical (unpaired) electrons. The first-order chi connectivity index (χ1) is 35.3. The third-order valence-corrected chi connectivity index (χ3v) is 15.5. The van der Waals surface area contributed by atoms with Crippen molar-refractivity contribution in [2.45, 2.75) is 125 Å². The zero-order valence-corrected chi connectivity index (χ0v) is 61.4. The number of carboxylic acid groups (broad SMARTS) is 2. The van der Waals surface area contributed by atoms with Crippen LogP contribution in [0.4, 0.5) is 14.4 Å². The number of nitrogens with zero attached hydrogens (tertiary/aromatic N) is 1. The lowest BCUT2D eigenvalue weighted by Gasteiger charge is -2.22. The van der Waals surface area contributed by atoms with Crippen LogP contribution in [0.3, 0.4) is 0 Å². The van der Waals surface area contributed by atoms with E-state index in [0.29, 0.717) is 37.3 Å². The number of ether oxygens (including phenoxy) is 6. The number of nitrogens with two attached hydrogens (primary N) is 1. The number of phenols is 2. The largest absolute Gasteiger partial charge is 0.519 e. The van der Waals surface area contributed by atoms with Crippen LogP contribution in [0.5, 0.6) is 34.5 Å². The maximum Gasteiger partial charge on any atom is 0.519 e. The van der Waals surface area contributed by atoms with Crippen molar-refractivity contribution < 1.29 is 72.8 Å². The highest BCUT2D eigenvalue weighted by molar-refractivity contribution is 14.1. The minimum Gasteiger partial charge on any atom is -0.506 e. The second-order valence-electron chi connectivity index (χ2n) is 19.0. The highest BCUT2D eigenvalue weighted by atomic mass is 127. The molecule has 77 heavy (non-hydrogen) atoms. The van der Waals surface area contributed by atoms with Gasteiger partial charge in [-0.25, -0.2) is 19.2 Å². The maximum atomic E-state index is 12.0. The first-order valence-corrected chi connectivity index (χ1v) is 31.7. The highest BCUT2D eigenvalue weighted by Gasteiger charge is 2.27. The molecule has 18 nitrogen and oxygen atoms in total. The smallest absolute Gasteiger partial charge is 0.506 e. The van der Waals surface area contributed by atoms with Gasteiger partial charge in [-0.15, -0.1) is 0 Å². The van der Waals surface area contributed by atoms with Crippen molar-refractivity contribution in [1.82, 2.24) is 10.2 Å². The van der Waals surface area contributed by atoms with E-state index in [1.165, 1.54) is 19.6 Å². The fourth-order valence-corrected chi connectivity index (χ4v) is 13.3. The van der Waals surface area contributed by atoms with Crippen molar-refractivity contribution in [1.29, 1.82) is 0 Å². The molecule has 0 fully saturated rings. The number of carbonyl (C=O) groups is 5. The van der Waals surface area contributed by atoms with Gasteiger partial charge in [-0.1, -0.05) is 20.8 Å². The third-order valence-electron chi connectivity index (χ3n) is 9.03. The van der Waals surface area contributed by atoms with E-state index >= 15 is 0 Å². The Morgan fingerprint density at radius 1 is 0.519 bits per heavy atom. The van der Waals surface area contributed by atoms with Gasteiger partial charge in [-0.3, -0.25) is 4.79 Å². The number of carbonyl (C=O) groups excluding carboxylic acids is 3. The second-order valence-corrected chi connectivity index (χ2v) is 28.3. The van der Waals surface area contributed by atoms with E-state index in [1.54, 1.807) is 86.6 Å². The molecular formula is C51H63I8N3O15. The van der Waals surface area contributed by atoms with Gasteiger partial charge in [0.25, 0.3) is 0 Å². The van der Waals surface area contributed by atoms with Crippen LogP contribution >= 0.6 is 181 Å². The van der Waals surface area contributed by atoms with Crippen molar-refractivity contribution in [2.24, 2.45) is 5.73 Å². The normalized spacial score (nSPS) is 11.9. The summed E-state index contributed by atoms with van der Waals surface area (Å²) >= 11 is 16.7. The van der Waals surface area contributed by atoms with E-state index in [2.05, 4.69) is 171 Å². The van der Waals surface area contributed by atoms with Crippen molar-refractivity contribution >= 4 is 211 Å². The molecule has 2 unspecified atom stereocenters. The van der Waals surface area contributed by atoms with Gasteiger partial charge in [0.05, 0.1) is 28.6 Å². The molecule has 0 saturated heterocycles. The van der Waals surface area contributed by atoms with Crippen LogP contribution < -0.4 is 20.5 Å². The predicted octanol–water partition coefficient (Wildman–Crippen LogP) is 14.9. The third kappa shape index (κ3) is 29.6. The molecule has 7 N–H and O–H groups in total. The monoisotopic (exact) mass is 1970 g/mol. The number of aliphatic carboxylic acids is 2. The highest BCUT2D eigenvalue weighted by Crippen LogP contribution is 2.39. The first-order valence-electron chi connectivity index (χ1n) is 23.0. The number of carboxylic acids is 2. The van der Waals surface area contributed by atoms with Gasteiger partial charge in [-0.2, -0.15) is 0 Å². The zero-order chi connectivity index (χ0) is 59.5. The van der Waals surface area contributed by atoms with Gasteiger partial charge >= 0.3 is 30.3 Å². The molecule has 1 amide bonds. The molecule has 0 saturated carbocycles. The lowest BCUT2D eigenvalue weighted by molar-refractivity contribution is -0.140. The molecule has 0 spiro atoms. The molecule has 4 aromatic rings. The van der Waals surface area contributed by atoms with Gasteiger partial charge in [0.2, 0.25) is 0 Å². The van der Waals surface area contributed by atoms with Crippen LogP contribution in [0.25, 0.3) is 0 Å². The van der Waals surface area contributed by atoms with Gasteiger partial charge < -0.3 is 64.8 Å². The number of halogens is 8. The molecule has 0 aliphatic rings. The number of rotatable bonds is 14. The zero-order valence-electron chi connectivity index (χ0n) is 44.1. The topological polar surface area (TPSA) is 263 Å². The second kappa shape index (κ2) is 34.4. The van der Waals surface area contributed by atoms with Crippen molar-refractivity contribution in [3.63, 3.8) is 0 Å². The average molecular weight is 1970 g/mol. The summed E-state index contributed by atoms with van der Waals surface area (Å²) < 4.78 is 37.1. The Balaban J connectivity index is 0.000000569.